The maximum Gasteiger partial charge on any atom is 0.290 e. The van der Waals surface area contributed by atoms with E-state index in [1.165, 1.54) is 4.57 Å². The molecule has 2 heterocycles. The minimum atomic E-state index is -0.390. The predicted molar refractivity (Wildman–Crippen MR) is 107 cm³/mol. The second-order valence-electron chi connectivity index (χ2n) is 6.12. The van der Waals surface area contributed by atoms with Crippen LogP contribution in [0.2, 0.25) is 0 Å². The van der Waals surface area contributed by atoms with E-state index in [1.54, 1.807) is 49.5 Å². The first kappa shape index (κ1) is 18.0. The van der Waals surface area contributed by atoms with Crippen molar-refractivity contribution in [3.8, 4) is 5.75 Å². The van der Waals surface area contributed by atoms with E-state index in [-0.39, 0.29) is 17.4 Å². The molecule has 4 rings (SSSR count). The zero-order chi connectivity index (χ0) is 19.7. The van der Waals surface area contributed by atoms with Crippen LogP contribution in [0.4, 0.5) is 4.79 Å². The molecular weight excluding hydrogens is 378 g/mol. The number of fused-ring (bicyclic) bond motifs is 1. The van der Waals surface area contributed by atoms with Gasteiger partial charge in [-0.25, -0.2) is 4.98 Å². The number of carbonyl (C=O) groups excluding carboxylic acids is 2. The molecule has 7 nitrogen and oxygen atoms in total. The van der Waals surface area contributed by atoms with Crippen molar-refractivity contribution in [2.45, 2.75) is 6.61 Å². The molecule has 1 aliphatic rings. The molecule has 0 spiro atoms. The number of carbonyl (C=O) groups is 2. The van der Waals surface area contributed by atoms with Crippen molar-refractivity contribution in [2.24, 2.45) is 7.05 Å². The fourth-order valence-corrected chi connectivity index (χ4v) is 3.46. The number of thioether (sulfide) groups is 1. The van der Waals surface area contributed by atoms with E-state index in [2.05, 4.69) is 10.3 Å². The molecule has 0 saturated carbocycles. The van der Waals surface area contributed by atoms with Crippen molar-refractivity contribution >= 4 is 39.9 Å². The summed E-state index contributed by atoms with van der Waals surface area (Å²) in [4.78, 5) is 40.1. The second kappa shape index (κ2) is 7.32. The van der Waals surface area contributed by atoms with Gasteiger partial charge in [-0.2, -0.15) is 0 Å². The van der Waals surface area contributed by atoms with Gasteiger partial charge in [-0.1, -0.05) is 24.3 Å². The van der Waals surface area contributed by atoms with E-state index in [0.29, 0.717) is 27.4 Å². The smallest absolute Gasteiger partial charge is 0.290 e. The monoisotopic (exact) mass is 393 g/mol. The number of aromatic nitrogens is 2. The standard InChI is InChI=1S/C20H15N3O4S/c1-23-17(21-15-5-3-2-4-14(15)19(23)25)11-27-13-8-6-12(7-9-13)10-16-18(24)22-20(26)28-16/h2-10H,11H2,1H3,(H,22,24,26)/b16-10-. The molecule has 2 amide bonds. The van der Waals surface area contributed by atoms with Crippen LogP contribution in [0.15, 0.2) is 58.2 Å². The van der Waals surface area contributed by atoms with Crippen molar-refractivity contribution in [3.05, 3.63) is 75.2 Å². The average molecular weight is 393 g/mol. The van der Waals surface area contributed by atoms with Crippen LogP contribution in [-0.2, 0) is 18.4 Å². The molecule has 0 bridgehead atoms. The summed E-state index contributed by atoms with van der Waals surface area (Å²) in [6.45, 7) is 0.143. The molecule has 28 heavy (non-hydrogen) atoms. The van der Waals surface area contributed by atoms with Gasteiger partial charge in [0.15, 0.2) is 0 Å². The minimum Gasteiger partial charge on any atom is -0.486 e. The molecule has 0 radical (unpaired) electrons. The Hall–Kier alpha value is -3.39. The molecule has 140 valence electrons. The molecule has 1 fully saturated rings. The van der Waals surface area contributed by atoms with Gasteiger partial charge in [0.05, 0.1) is 15.8 Å². The van der Waals surface area contributed by atoms with Gasteiger partial charge in [-0.15, -0.1) is 0 Å². The molecule has 0 unspecified atom stereocenters. The highest BCUT2D eigenvalue weighted by Crippen LogP contribution is 2.26. The third-order valence-electron chi connectivity index (χ3n) is 4.26. The van der Waals surface area contributed by atoms with Gasteiger partial charge in [-0.3, -0.25) is 24.3 Å². The summed E-state index contributed by atoms with van der Waals surface area (Å²) in [7, 11) is 1.67. The molecule has 1 aromatic heterocycles. The number of amides is 2. The lowest BCUT2D eigenvalue weighted by molar-refractivity contribution is -0.115. The highest BCUT2D eigenvalue weighted by Gasteiger charge is 2.24. The van der Waals surface area contributed by atoms with Crippen molar-refractivity contribution in [3.63, 3.8) is 0 Å². The SMILES string of the molecule is Cn1c(COc2ccc(/C=C3\SC(=O)NC3=O)cc2)nc2ccccc2c1=O. The number of nitrogens with zero attached hydrogens (tertiary/aromatic N) is 2. The van der Waals surface area contributed by atoms with E-state index in [9.17, 15) is 14.4 Å². The summed E-state index contributed by atoms with van der Waals surface area (Å²) in [5.41, 5.74) is 1.29. The van der Waals surface area contributed by atoms with Gasteiger partial charge in [0.1, 0.15) is 18.2 Å². The molecule has 8 heteroatoms. The number of nitrogens with one attached hydrogen (secondary N) is 1. The summed E-state index contributed by atoms with van der Waals surface area (Å²) in [6, 6.07) is 14.3. The van der Waals surface area contributed by atoms with Gasteiger partial charge in [0, 0.05) is 7.05 Å². The topological polar surface area (TPSA) is 90.3 Å². The largest absolute Gasteiger partial charge is 0.486 e. The van der Waals surface area contributed by atoms with Crippen molar-refractivity contribution < 1.29 is 14.3 Å². The number of imide groups is 1. The van der Waals surface area contributed by atoms with Gasteiger partial charge in [-0.05, 0) is 47.7 Å². The Morgan fingerprint density at radius 3 is 2.57 bits per heavy atom. The molecule has 1 aliphatic heterocycles. The van der Waals surface area contributed by atoms with Gasteiger partial charge in [0.2, 0.25) is 0 Å². The second-order valence-corrected chi connectivity index (χ2v) is 7.13. The van der Waals surface area contributed by atoms with Crippen LogP contribution in [0.1, 0.15) is 11.4 Å². The van der Waals surface area contributed by atoms with E-state index in [4.69, 9.17) is 4.74 Å². The van der Waals surface area contributed by atoms with Gasteiger partial charge < -0.3 is 4.74 Å². The Balaban J connectivity index is 1.50. The van der Waals surface area contributed by atoms with Crippen LogP contribution >= 0.6 is 11.8 Å². The summed E-state index contributed by atoms with van der Waals surface area (Å²) >= 11 is 0.874. The van der Waals surface area contributed by atoms with Gasteiger partial charge >= 0.3 is 0 Å². The molecule has 2 aromatic carbocycles. The van der Waals surface area contributed by atoms with E-state index in [0.717, 1.165) is 17.3 Å². The van der Waals surface area contributed by atoms with Crippen LogP contribution in [-0.4, -0.2) is 20.7 Å². The Morgan fingerprint density at radius 2 is 1.86 bits per heavy atom. The van der Waals surface area contributed by atoms with E-state index >= 15 is 0 Å². The number of hydrogen-bond donors (Lipinski definition) is 1. The number of rotatable bonds is 4. The Labute approximate surface area is 164 Å². The van der Waals surface area contributed by atoms with Crippen molar-refractivity contribution in [1.82, 2.24) is 14.9 Å². The summed E-state index contributed by atoms with van der Waals surface area (Å²) in [5.74, 6) is 0.732. The lowest BCUT2D eigenvalue weighted by Gasteiger charge is -2.11. The summed E-state index contributed by atoms with van der Waals surface area (Å²) < 4.78 is 7.24. The van der Waals surface area contributed by atoms with Crippen LogP contribution in [0.5, 0.6) is 5.75 Å². The Morgan fingerprint density at radius 1 is 1.11 bits per heavy atom. The van der Waals surface area contributed by atoms with Crippen LogP contribution in [0.3, 0.4) is 0 Å². The normalized spacial score (nSPS) is 15.2. The molecule has 1 N–H and O–H groups in total. The highest BCUT2D eigenvalue weighted by molar-refractivity contribution is 8.18. The lowest BCUT2D eigenvalue weighted by atomic mass is 10.2. The first-order valence-corrected chi connectivity index (χ1v) is 9.25. The predicted octanol–water partition coefficient (Wildman–Crippen LogP) is 2.84. The van der Waals surface area contributed by atoms with Crippen molar-refractivity contribution in [1.29, 1.82) is 0 Å². The maximum atomic E-state index is 12.4. The van der Waals surface area contributed by atoms with E-state index in [1.807, 2.05) is 12.1 Å². The lowest BCUT2D eigenvalue weighted by Crippen LogP contribution is -2.23. The highest BCUT2D eigenvalue weighted by atomic mass is 32.2. The first-order valence-electron chi connectivity index (χ1n) is 8.43. The fourth-order valence-electron chi connectivity index (χ4n) is 2.77. The minimum absolute atomic E-state index is 0.118. The van der Waals surface area contributed by atoms with Crippen molar-refractivity contribution in [2.75, 3.05) is 0 Å². The van der Waals surface area contributed by atoms with Crippen LogP contribution < -0.4 is 15.6 Å². The average Bonchev–Trinajstić information content (AvgIpc) is 3.01. The Bertz CT molecular complexity index is 1180. The number of para-hydroxylation sites is 1. The molecule has 1 saturated heterocycles. The van der Waals surface area contributed by atoms with Gasteiger partial charge in [0.25, 0.3) is 16.7 Å². The quantitative estimate of drug-likeness (QED) is 0.686. The first-order chi connectivity index (χ1) is 13.5. The number of hydrogen-bond acceptors (Lipinski definition) is 6. The zero-order valence-corrected chi connectivity index (χ0v) is 15.7. The molecule has 0 atom stereocenters. The maximum absolute atomic E-state index is 12.4. The Kier molecular flexibility index (Phi) is 4.70. The molecule has 3 aromatic rings. The fraction of sp³-hybridized carbons (Fsp3) is 0.100. The molecular formula is C20H15N3O4S. The third-order valence-corrected chi connectivity index (χ3v) is 5.07. The zero-order valence-electron chi connectivity index (χ0n) is 14.8. The third kappa shape index (κ3) is 3.54. The molecule has 0 aliphatic carbocycles. The summed E-state index contributed by atoms with van der Waals surface area (Å²) in [6.07, 6.45) is 1.64. The number of ether oxygens (including phenoxy) is 1. The van der Waals surface area contributed by atoms with E-state index < -0.39 is 5.91 Å². The number of benzene rings is 2. The van der Waals surface area contributed by atoms with Crippen LogP contribution in [0.25, 0.3) is 17.0 Å². The summed E-state index contributed by atoms with van der Waals surface area (Å²) in [5, 5.41) is 2.41. The van der Waals surface area contributed by atoms with Crippen LogP contribution in [0, 0.1) is 0 Å².